The van der Waals surface area contributed by atoms with Gasteiger partial charge in [0.05, 0.1) is 9.82 Å². The zero-order chi connectivity index (χ0) is 22.5. The number of carbonyl (C=O) groups is 1. The van der Waals surface area contributed by atoms with E-state index in [1.807, 2.05) is 0 Å². The molecule has 1 heterocycles. The van der Waals surface area contributed by atoms with Gasteiger partial charge in [0.1, 0.15) is 6.54 Å². The summed E-state index contributed by atoms with van der Waals surface area (Å²) >= 11 is 0. The van der Waals surface area contributed by atoms with Crippen molar-refractivity contribution in [2.24, 2.45) is 0 Å². The number of nitrogens with zero attached hydrogens (tertiary/aromatic N) is 3. The number of benzene rings is 1. The van der Waals surface area contributed by atoms with Crippen molar-refractivity contribution in [3.05, 3.63) is 62.6 Å². The summed E-state index contributed by atoms with van der Waals surface area (Å²) in [5.41, 5.74) is 0.0862. The lowest BCUT2D eigenvalue weighted by Gasteiger charge is -2.19. The second-order valence-electron chi connectivity index (χ2n) is 6.42. The largest absolute Gasteiger partial charge is 0.324 e. The maximum atomic E-state index is 12.6. The number of nitro groups is 1. The molecule has 162 valence electrons. The smallest absolute Gasteiger partial charge is 0.274 e. The molecule has 0 saturated heterocycles. The van der Waals surface area contributed by atoms with Gasteiger partial charge in [0.15, 0.2) is 0 Å². The molecular weight excluding hydrogens is 412 g/mol. The topological polar surface area (TPSA) is 132 Å². The highest BCUT2D eigenvalue weighted by atomic mass is 32.2. The lowest BCUT2D eigenvalue weighted by Crippen LogP contribution is -2.33. The predicted octanol–water partition coefficient (Wildman–Crippen LogP) is 1.99. The number of sulfonamides is 1. The molecule has 2 aromatic rings. The first-order valence-corrected chi connectivity index (χ1v) is 10.9. The van der Waals surface area contributed by atoms with Gasteiger partial charge in [-0.1, -0.05) is 26.8 Å². The summed E-state index contributed by atoms with van der Waals surface area (Å²) in [6.07, 6.45) is 1.59. The molecule has 0 aliphatic carbocycles. The van der Waals surface area contributed by atoms with Crippen molar-refractivity contribution in [1.82, 2.24) is 8.87 Å². The van der Waals surface area contributed by atoms with E-state index in [1.165, 1.54) is 22.5 Å². The number of nitrogens with one attached hydrogen (secondary N) is 1. The van der Waals surface area contributed by atoms with Crippen molar-refractivity contribution in [3.8, 4) is 0 Å². The van der Waals surface area contributed by atoms with Crippen LogP contribution in [0.25, 0.3) is 0 Å². The van der Waals surface area contributed by atoms with E-state index in [4.69, 9.17) is 0 Å². The van der Waals surface area contributed by atoms with E-state index in [9.17, 15) is 28.1 Å². The molecule has 0 radical (unpaired) electrons. The first-order valence-electron chi connectivity index (χ1n) is 9.41. The summed E-state index contributed by atoms with van der Waals surface area (Å²) in [6.45, 7) is 5.28. The van der Waals surface area contributed by atoms with Crippen LogP contribution in [-0.4, -0.2) is 41.2 Å². The van der Waals surface area contributed by atoms with Crippen LogP contribution in [0.5, 0.6) is 0 Å². The monoisotopic (exact) mass is 436 g/mol. The van der Waals surface area contributed by atoms with E-state index < -0.39 is 33.0 Å². The lowest BCUT2D eigenvalue weighted by molar-refractivity contribution is -0.385. The Morgan fingerprint density at radius 1 is 1.17 bits per heavy atom. The number of hydrogen-bond acceptors (Lipinski definition) is 6. The van der Waals surface area contributed by atoms with Gasteiger partial charge in [0.25, 0.3) is 11.2 Å². The molecule has 0 saturated carbocycles. The first-order chi connectivity index (χ1) is 14.1. The minimum absolute atomic E-state index is 0.0958. The van der Waals surface area contributed by atoms with Crippen molar-refractivity contribution in [1.29, 1.82) is 0 Å². The van der Waals surface area contributed by atoms with Gasteiger partial charge in [-0.05, 0) is 18.6 Å². The van der Waals surface area contributed by atoms with Gasteiger partial charge in [-0.2, -0.15) is 4.31 Å². The molecule has 0 atom stereocenters. The molecule has 11 heteroatoms. The van der Waals surface area contributed by atoms with Gasteiger partial charge < -0.3 is 9.88 Å². The van der Waals surface area contributed by atoms with Gasteiger partial charge in [-0.25, -0.2) is 8.42 Å². The molecule has 0 aliphatic rings. The van der Waals surface area contributed by atoms with Crippen LogP contribution in [0.15, 0.2) is 46.2 Å². The van der Waals surface area contributed by atoms with Crippen molar-refractivity contribution in [3.63, 3.8) is 0 Å². The highest BCUT2D eigenvalue weighted by Crippen LogP contribution is 2.23. The number of hydrogen-bond donors (Lipinski definition) is 1. The second-order valence-corrected chi connectivity index (χ2v) is 8.36. The second kappa shape index (κ2) is 9.63. The van der Waals surface area contributed by atoms with Crippen LogP contribution in [0.4, 0.5) is 11.4 Å². The molecular formula is C19H24N4O6S. The average molecular weight is 436 g/mol. The normalized spacial score (nSPS) is 11.5. The van der Waals surface area contributed by atoms with E-state index in [1.54, 1.807) is 26.8 Å². The number of aromatic nitrogens is 1. The Hall–Kier alpha value is -3.05. The number of carbonyl (C=O) groups excluding carboxylic acids is 1. The van der Waals surface area contributed by atoms with E-state index in [0.29, 0.717) is 12.0 Å². The summed E-state index contributed by atoms with van der Waals surface area (Å²) in [4.78, 5) is 35.0. The maximum absolute atomic E-state index is 12.6. The highest BCUT2D eigenvalue weighted by Gasteiger charge is 2.22. The van der Waals surface area contributed by atoms with Gasteiger partial charge >= 0.3 is 0 Å². The molecule has 0 spiro atoms. The number of aryl methyl sites for hydroxylation is 1. The van der Waals surface area contributed by atoms with Gasteiger partial charge in [0, 0.05) is 42.7 Å². The van der Waals surface area contributed by atoms with Crippen molar-refractivity contribution in [2.45, 2.75) is 38.6 Å². The Morgan fingerprint density at radius 2 is 1.83 bits per heavy atom. The van der Waals surface area contributed by atoms with E-state index in [2.05, 4.69) is 5.32 Å². The number of pyridine rings is 1. The molecule has 2 rings (SSSR count). The summed E-state index contributed by atoms with van der Waals surface area (Å²) < 4.78 is 27.5. The van der Waals surface area contributed by atoms with Crippen LogP contribution in [0.1, 0.15) is 26.3 Å². The molecule has 0 bridgehead atoms. The van der Waals surface area contributed by atoms with Crippen LogP contribution in [0, 0.1) is 10.1 Å². The fourth-order valence-corrected chi connectivity index (χ4v) is 4.44. The van der Waals surface area contributed by atoms with Crippen LogP contribution in [0.3, 0.4) is 0 Å². The van der Waals surface area contributed by atoms with Crippen molar-refractivity contribution in [2.75, 3.05) is 18.4 Å². The molecule has 10 nitrogen and oxygen atoms in total. The Labute approximate surface area is 174 Å². The fraction of sp³-hybridized carbons (Fsp3) is 0.368. The lowest BCUT2D eigenvalue weighted by atomic mass is 10.1. The van der Waals surface area contributed by atoms with Crippen molar-refractivity contribution >= 4 is 27.3 Å². The molecule has 0 aliphatic heterocycles. The third-order valence-electron chi connectivity index (χ3n) is 4.56. The number of nitro benzene ring substituents is 1. The molecule has 1 amide bonds. The Kier molecular flexibility index (Phi) is 7.46. The third-order valence-corrected chi connectivity index (χ3v) is 6.59. The van der Waals surface area contributed by atoms with Crippen LogP contribution >= 0.6 is 0 Å². The predicted molar refractivity (Wildman–Crippen MR) is 112 cm³/mol. The third kappa shape index (κ3) is 5.10. The van der Waals surface area contributed by atoms with Crippen LogP contribution in [0.2, 0.25) is 0 Å². The molecule has 1 aromatic heterocycles. The van der Waals surface area contributed by atoms with Crippen LogP contribution in [-0.2, 0) is 27.8 Å². The summed E-state index contributed by atoms with van der Waals surface area (Å²) in [6, 6.07) is 6.63. The molecule has 1 N–H and O–H groups in total. The van der Waals surface area contributed by atoms with E-state index in [0.717, 1.165) is 16.8 Å². The zero-order valence-corrected chi connectivity index (χ0v) is 17.8. The van der Waals surface area contributed by atoms with Crippen molar-refractivity contribution < 1.29 is 18.1 Å². The number of amides is 1. The molecule has 30 heavy (non-hydrogen) atoms. The SMILES string of the molecule is CCc1ccc(NC(=O)Cn2cc(S(=O)(=O)N(CC)CC)ccc2=O)cc1[N+](=O)[O-]. The van der Waals surface area contributed by atoms with E-state index in [-0.39, 0.29) is 29.4 Å². The molecule has 0 unspecified atom stereocenters. The quantitative estimate of drug-likeness (QED) is 0.472. The standard InChI is InChI=1S/C19H24N4O6S/c1-4-14-7-8-15(11-17(14)23(26)27)20-18(24)13-21-12-16(9-10-19(21)25)30(28,29)22(5-2)6-3/h7-12H,4-6,13H2,1-3H3,(H,20,24). The maximum Gasteiger partial charge on any atom is 0.274 e. The van der Waals surface area contributed by atoms with Gasteiger partial charge in [0.2, 0.25) is 15.9 Å². The Morgan fingerprint density at radius 3 is 2.40 bits per heavy atom. The summed E-state index contributed by atoms with van der Waals surface area (Å²) in [5, 5.41) is 13.7. The summed E-state index contributed by atoms with van der Waals surface area (Å²) in [5.74, 6) is -0.618. The van der Waals surface area contributed by atoms with Crippen LogP contribution < -0.4 is 10.9 Å². The average Bonchev–Trinajstić information content (AvgIpc) is 2.70. The molecule has 1 aromatic carbocycles. The first kappa shape index (κ1) is 23.2. The van der Waals surface area contributed by atoms with Gasteiger partial charge in [-0.3, -0.25) is 19.7 Å². The van der Waals surface area contributed by atoms with Gasteiger partial charge in [-0.15, -0.1) is 0 Å². The minimum atomic E-state index is -3.79. The zero-order valence-electron chi connectivity index (χ0n) is 17.0. The minimum Gasteiger partial charge on any atom is -0.324 e. The highest BCUT2D eigenvalue weighted by molar-refractivity contribution is 7.89. The molecule has 0 fully saturated rings. The number of rotatable bonds is 9. The fourth-order valence-electron chi connectivity index (χ4n) is 2.96. The Bertz CT molecular complexity index is 1110. The van der Waals surface area contributed by atoms with E-state index >= 15 is 0 Å². The Balaban J connectivity index is 2.27. The summed E-state index contributed by atoms with van der Waals surface area (Å²) in [7, 11) is -3.79. The number of anilines is 1.